The molecular weight excluding hydrogens is 269 g/mol. The van der Waals surface area contributed by atoms with Crippen molar-refractivity contribution in [1.29, 1.82) is 0 Å². The van der Waals surface area contributed by atoms with Crippen LogP contribution in [0, 0.1) is 11.7 Å². The van der Waals surface area contributed by atoms with Crippen LogP contribution in [-0.4, -0.2) is 10.1 Å². The summed E-state index contributed by atoms with van der Waals surface area (Å²) < 4.78 is 18.2. The van der Waals surface area contributed by atoms with Crippen LogP contribution in [0.15, 0.2) is 22.7 Å². The van der Waals surface area contributed by atoms with Gasteiger partial charge >= 0.3 is 0 Å². The van der Waals surface area contributed by atoms with E-state index in [9.17, 15) is 4.39 Å². The summed E-state index contributed by atoms with van der Waals surface area (Å²) in [5.41, 5.74) is 6.55. The number of hydrogen-bond donors (Lipinski definition) is 1. The van der Waals surface area contributed by atoms with Gasteiger partial charge in [0.05, 0.1) is 11.1 Å². The lowest BCUT2D eigenvalue weighted by Gasteiger charge is -2.08. The summed E-state index contributed by atoms with van der Waals surface area (Å²) in [5, 5.41) is 3.86. The van der Waals surface area contributed by atoms with Gasteiger partial charge in [0, 0.05) is 5.56 Å². The van der Waals surface area contributed by atoms with E-state index in [0.29, 0.717) is 23.2 Å². The van der Waals surface area contributed by atoms with Gasteiger partial charge in [-0.1, -0.05) is 30.6 Å². The number of nitrogens with two attached hydrogens (primary N) is 1. The summed E-state index contributed by atoms with van der Waals surface area (Å²) in [6, 6.07) is 3.97. The fourth-order valence-corrected chi connectivity index (χ4v) is 1.93. The predicted octanol–water partition coefficient (Wildman–Crippen LogP) is 3.58. The van der Waals surface area contributed by atoms with Crippen LogP contribution in [0.3, 0.4) is 0 Å². The molecule has 0 aliphatic rings. The van der Waals surface area contributed by atoms with E-state index in [1.54, 1.807) is 6.07 Å². The van der Waals surface area contributed by atoms with Gasteiger partial charge in [0.15, 0.2) is 0 Å². The molecule has 0 fully saturated rings. The van der Waals surface area contributed by atoms with Gasteiger partial charge in [-0.2, -0.15) is 4.98 Å². The van der Waals surface area contributed by atoms with Gasteiger partial charge in [-0.3, -0.25) is 0 Å². The molecule has 0 saturated carbocycles. The van der Waals surface area contributed by atoms with Crippen LogP contribution in [0.25, 0.3) is 11.4 Å². The third kappa shape index (κ3) is 3.30. The number of benzene rings is 1. The molecule has 1 heterocycles. The van der Waals surface area contributed by atoms with E-state index in [1.807, 2.05) is 0 Å². The Labute approximate surface area is 115 Å². The van der Waals surface area contributed by atoms with Gasteiger partial charge in [0.2, 0.25) is 11.7 Å². The third-order valence-electron chi connectivity index (χ3n) is 2.66. The van der Waals surface area contributed by atoms with E-state index in [-0.39, 0.29) is 11.1 Å². The Bertz CT molecular complexity index is 571. The normalized spacial score (nSPS) is 12.9. The zero-order valence-corrected chi connectivity index (χ0v) is 11.5. The van der Waals surface area contributed by atoms with Crippen LogP contribution in [0.1, 0.15) is 32.2 Å². The lowest BCUT2D eigenvalue weighted by molar-refractivity contribution is 0.335. The molecule has 0 spiro atoms. The second kappa shape index (κ2) is 5.67. The second-order valence-corrected chi connectivity index (χ2v) is 5.23. The molecule has 6 heteroatoms. The van der Waals surface area contributed by atoms with Gasteiger partial charge in [-0.05, 0) is 30.5 Å². The minimum atomic E-state index is -0.481. The molecule has 0 aliphatic heterocycles. The highest BCUT2D eigenvalue weighted by atomic mass is 35.5. The highest BCUT2D eigenvalue weighted by Gasteiger charge is 2.17. The summed E-state index contributed by atoms with van der Waals surface area (Å²) in [5.74, 6) is 0.691. The minimum absolute atomic E-state index is 0.0235. The van der Waals surface area contributed by atoms with E-state index in [1.165, 1.54) is 12.1 Å². The number of aromatic nitrogens is 2. The standard InChI is InChI=1S/C13H15ClFN3O/c1-7(2)5-11(16)13-17-12(18-19-13)8-3-4-10(15)9(14)6-8/h3-4,6-7,11H,5,16H2,1-2H3/t11-/m0/s1. The Morgan fingerprint density at radius 3 is 2.79 bits per heavy atom. The molecule has 0 aliphatic carbocycles. The molecule has 2 rings (SSSR count). The molecule has 0 bridgehead atoms. The number of rotatable bonds is 4. The molecule has 0 amide bonds. The Kier molecular flexibility index (Phi) is 4.17. The zero-order valence-electron chi connectivity index (χ0n) is 10.7. The first-order valence-electron chi connectivity index (χ1n) is 6.02. The Morgan fingerprint density at radius 2 is 2.16 bits per heavy atom. The lowest BCUT2D eigenvalue weighted by atomic mass is 10.0. The van der Waals surface area contributed by atoms with Crippen molar-refractivity contribution in [3.63, 3.8) is 0 Å². The molecule has 1 aromatic carbocycles. The zero-order chi connectivity index (χ0) is 14.0. The average Bonchev–Trinajstić information content (AvgIpc) is 2.81. The maximum Gasteiger partial charge on any atom is 0.243 e. The molecule has 2 aromatic rings. The van der Waals surface area contributed by atoms with E-state index in [2.05, 4.69) is 24.0 Å². The monoisotopic (exact) mass is 283 g/mol. The third-order valence-corrected chi connectivity index (χ3v) is 2.95. The maximum atomic E-state index is 13.1. The molecule has 19 heavy (non-hydrogen) atoms. The highest BCUT2D eigenvalue weighted by molar-refractivity contribution is 6.31. The van der Waals surface area contributed by atoms with Crippen LogP contribution in [-0.2, 0) is 0 Å². The summed E-state index contributed by atoms with van der Waals surface area (Å²) in [4.78, 5) is 4.22. The van der Waals surface area contributed by atoms with E-state index >= 15 is 0 Å². The summed E-state index contributed by atoms with van der Waals surface area (Å²) in [6.07, 6.45) is 0.756. The smallest absolute Gasteiger partial charge is 0.243 e. The second-order valence-electron chi connectivity index (χ2n) is 4.82. The molecular formula is C13H15ClFN3O. The number of hydrogen-bond acceptors (Lipinski definition) is 4. The first kappa shape index (κ1) is 14.0. The first-order valence-corrected chi connectivity index (χ1v) is 6.39. The van der Waals surface area contributed by atoms with Crippen LogP contribution < -0.4 is 5.73 Å². The summed E-state index contributed by atoms with van der Waals surface area (Å²) in [6.45, 7) is 4.13. The molecule has 4 nitrogen and oxygen atoms in total. The van der Waals surface area contributed by atoms with Crippen molar-refractivity contribution in [2.24, 2.45) is 11.7 Å². The van der Waals surface area contributed by atoms with Gasteiger partial charge in [-0.15, -0.1) is 0 Å². The van der Waals surface area contributed by atoms with Gasteiger partial charge < -0.3 is 10.3 Å². The van der Waals surface area contributed by atoms with Crippen LogP contribution in [0.4, 0.5) is 4.39 Å². The molecule has 0 saturated heterocycles. The predicted molar refractivity (Wildman–Crippen MR) is 71.1 cm³/mol. The van der Waals surface area contributed by atoms with Crippen molar-refractivity contribution < 1.29 is 8.91 Å². The quantitative estimate of drug-likeness (QED) is 0.931. The summed E-state index contributed by atoms with van der Waals surface area (Å²) >= 11 is 5.72. The van der Waals surface area contributed by atoms with Crippen LogP contribution in [0.2, 0.25) is 5.02 Å². The molecule has 0 radical (unpaired) electrons. The Balaban J connectivity index is 2.22. The van der Waals surface area contributed by atoms with Crippen molar-refractivity contribution in [3.8, 4) is 11.4 Å². The number of halogens is 2. The maximum absolute atomic E-state index is 13.1. The van der Waals surface area contributed by atoms with Crippen molar-refractivity contribution in [3.05, 3.63) is 34.9 Å². The first-order chi connectivity index (χ1) is 8.97. The van der Waals surface area contributed by atoms with Crippen LogP contribution in [0.5, 0.6) is 0 Å². The molecule has 2 N–H and O–H groups in total. The molecule has 1 aromatic heterocycles. The average molecular weight is 284 g/mol. The van der Waals surface area contributed by atoms with Gasteiger partial charge in [0.25, 0.3) is 0 Å². The highest BCUT2D eigenvalue weighted by Crippen LogP contribution is 2.24. The van der Waals surface area contributed by atoms with Crippen molar-refractivity contribution >= 4 is 11.6 Å². The van der Waals surface area contributed by atoms with Gasteiger partial charge in [-0.25, -0.2) is 4.39 Å². The fraction of sp³-hybridized carbons (Fsp3) is 0.385. The summed E-state index contributed by atoms with van der Waals surface area (Å²) in [7, 11) is 0. The fourth-order valence-electron chi connectivity index (χ4n) is 1.75. The van der Waals surface area contributed by atoms with Crippen molar-refractivity contribution in [2.75, 3.05) is 0 Å². The minimum Gasteiger partial charge on any atom is -0.337 e. The van der Waals surface area contributed by atoms with Crippen LogP contribution >= 0.6 is 11.6 Å². The van der Waals surface area contributed by atoms with E-state index < -0.39 is 5.82 Å². The SMILES string of the molecule is CC(C)C[C@H](N)c1nc(-c2ccc(F)c(Cl)c2)no1. The lowest BCUT2D eigenvalue weighted by Crippen LogP contribution is -2.13. The largest absolute Gasteiger partial charge is 0.337 e. The van der Waals surface area contributed by atoms with Crippen molar-refractivity contribution in [1.82, 2.24) is 10.1 Å². The van der Waals surface area contributed by atoms with E-state index in [4.69, 9.17) is 21.9 Å². The van der Waals surface area contributed by atoms with E-state index in [0.717, 1.165) is 6.42 Å². The number of nitrogens with zero attached hydrogens (tertiary/aromatic N) is 2. The molecule has 102 valence electrons. The Morgan fingerprint density at radius 1 is 1.42 bits per heavy atom. The topological polar surface area (TPSA) is 64.9 Å². The van der Waals surface area contributed by atoms with Crippen molar-refractivity contribution in [2.45, 2.75) is 26.3 Å². The molecule has 0 unspecified atom stereocenters. The van der Waals surface area contributed by atoms with Gasteiger partial charge in [0.1, 0.15) is 5.82 Å². The molecule has 1 atom stereocenters. The Hall–Kier alpha value is -1.46.